The Balaban J connectivity index is 3.90. The smallest absolute Gasteiger partial charge is 0.0543 e. The van der Waals surface area contributed by atoms with Gasteiger partial charge in [0, 0.05) is 0 Å². The first kappa shape index (κ1) is 10.9. The standard InChI is InChI=1S/C9H20O2/c1-6(2)9(8(4)11)5-7(3)10/h6-11H,5H2,1-4H3/t7-,8-,9?/m0/s1. The minimum atomic E-state index is -0.315. The summed E-state index contributed by atoms with van der Waals surface area (Å²) in [6, 6.07) is 0. The van der Waals surface area contributed by atoms with Gasteiger partial charge in [-0.1, -0.05) is 13.8 Å². The number of rotatable bonds is 4. The SMILES string of the molecule is CC(C)C(C[C@H](C)O)[C@H](C)O. The molecule has 0 aliphatic carbocycles. The Morgan fingerprint density at radius 3 is 1.55 bits per heavy atom. The molecule has 3 atom stereocenters. The van der Waals surface area contributed by atoms with E-state index in [2.05, 4.69) is 13.8 Å². The number of hydrogen-bond donors (Lipinski definition) is 2. The monoisotopic (exact) mass is 160 g/mol. The van der Waals surface area contributed by atoms with Gasteiger partial charge in [0.15, 0.2) is 0 Å². The Kier molecular flexibility index (Phi) is 4.69. The lowest BCUT2D eigenvalue weighted by Crippen LogP contribution is -2.25. The van der Waals surface area contributed by atoms with Crippen LogP contribution in [-0.2, 0) is 0 Å². The summed E-state index contributed by atoms with van der Waals surface area (Å²) in [6.45, 7) is 7.68. The average molecular weight is 160 g/mol. The summed E-state index contributed by atoms with van der Waals surface area (Å²) < 4.78 is 0. The molecule has 2 N–H and O–H groups in total. The van der Waals surface area contributed by atoms with Gasteiger partial charge < -0.3 is 10.2 Å². The van der Waals surface area contributed by atoms with Crippen molar-refractivity contribution >= 4 is 0 Å². The molecule has 0 fully saturated rings. The predicted octanol–water partition coefficient (Wildman–Crippen LogP) is 1.41. The van der Waals surface area contributed by atoms with E-state index in [-0.39, 0.29) is 18.1 Å². The van der Waals surface area contributed by atoms with Gasteiger partial charge >= 0.3 is 0 Å². The van der Waals surface area contributed by atoms with Crippen molar-refractivity contribution in [2.75, 3.05) is 0 Å². The molecule has 0 spiro atoms. The molecule has 0 aromatic heterocycles. The Bertz CT molecular complexity index is 89.7. The molecular formula is C9H20O2. The van der Waals surface area contributed by atoms with Crippen molar-refractivity contribution < 1.29 is 10.2 Å². The second kappa shape index (κ2) is 4.73. The third kappa shape index (κ3) is 4.38. The minimum absolute atomic E-state index is 0.218. The van der Waals surface area contributed by atoms with Crippen LogP contribution in [0.3, 0.4) is 0 Å². The van der Waals surface area contributed by atoms with Crippen molar-refractivity contribution in [1.82, 2.24) is 0 Å². The fourth-order valence-corrected chi connectivity index (χ4v) is 1.42. The average Bonchev–Trinajstić information content (AvgIpc) is 1.81. The zero-order valence-corrected chi connectivity index (χ0v) is 7.91. The first-order valence-electron chi connectivity index (χ1n) is 4.31. The van der Waals surface area contributed by atoms with Crippen LogP contribution in [-0.4, -0.2) is 22.4 Å². The third-order valence-corrected chi connectivity index (χ3v) is 2.09. The topological polar surface area (TPSA) is 40.5 Å². The number of hydrogen-bond acceptors (Lipinski definition) is 2. The summed E-state index contributed by atoms with van der Waals surface area (Å²) in [6.07, 6.45) is 0.0663. The van der Waals surface area contributed by atoms with Gasteiger partial charge in [0.1, 0.15) is 0 Å². The normalized spacial score (nSPS) is 19.9. The molecule has 0 radical (unpaired) electrons. The summed E-state index contributed by atoms with van der Waals surface area (Å²) in [5.41, 5.74) is 0. The lowest BCUT2D eigenvalue weighted by atomic mass is 9.86. The van der Waals surface area contributed by atoms with Crippen molar-refractivity contribution in [3.05, 3.63) is 0 Å². The van der Waals surface area contributed by atoms with Crippen LogP contribution in [0.5, 0.6) is 0 Å². The lowest BCUT2D eigenvalue weighted by Gasteiger charge is -2.24. The predicted molar refractivity (Wildman–Crippen MR) is 46.3 cm³/mol. The molecular weight excluding hydrogens is 140 g/mol. The summed E-state index contributed by atoms with van der Waals surface area (Å²) in [5.74, 6) is 0.652. The van der Waals surface area contributed by atoms with Crippen LogP contribution in [0.2, 0.25) is 0 Å². The molecule has 0 aliphatic rings. The summed E-state index contributed by atoms with van der Waals surface area (Å²) in [4.78, 5) is 0. The van der Waals surface area contributed by atoms with Crippen molar-refractivity contribution in [1.29, 1.82) is 0 Å². The van der Waals surface area contributed by atoms with Crippen LogP contribution in [0.4, 0.5) is 0 Å². The van der Waals surface area contributed by atoms with Gasteiger partial charge in [0.25, 0.3) is 0 Å². The van der Waals surface area contributed by atoms with E-state index >= 15 is 0 Å². The summed E-state index contributed by atoms with van der Waals surface area (Å²) in [7, 11) is 0. The quantitative estimate of drug-likeness (QED) is 0.653. The molecule has 0 aromatic rings. The number of aliphatic hydroxyl groups excluding tert-OH is 2. The van der Waals surface area contributed by atoms with Crippen LogP contribution in [0.15, 0.2) is 0 Å². The van der Waals surface area contributed by atoms with E-state index in [4.69, 9.17) is 5.11 Å². The van der Waals surface area contributed by atoms with Crippen molar-refractivity contribution in [2.45, 2.75) is 46.3 Å². The van der Waals surface area contributed by atoms with Gasteiger partial charge in [0.2, 0.25) is 0 Å². The second-order valence-corrected chi connectivity index (χ2v) is 3.73. The van der Waals surface area contributed by atoms with Crippen LogP contribution >= 0.6 is 0 Å². The highest BCUT2D eigenvalue weighted by Crippen LogP contribution is 2.20. The molecule has 1 unspecified atom stereocenters. The molecule has 0 saturated carbocycles. The highest BCUT2D eigenvalue weighted by molar-refractivity contribution is 4.70. The fraction of sp³-hybridized carbons (Fsp3) is 1.00. The van der Waals surface area contributed by atoms with Gasteiger partial charge in [-0.3, -0.25) is 0 Å². The second-order valence-electron chi connectivity index (χ2n) is 3.73. The molecule has 0 rings (SSSR count). The van der Waals surface area contributed by atoms with Crippen molar-refractivity contribution in [3.8, 4) is 0 Å². The van der Waals surface area contributed by atoms with Crippen molar-refractivity contribution in [3.63, 3.8) is 0 Å². The Hall–Kier alpha value is -0.0800. The van der Waals surface area contributed by atoms with Gasteiger partial charge in [-0.2, -0.15) is 0 Å². The van der Waals surface area contributed by atoms with E-state index in [0.29, 0.717) is 12.3 Å². The molecule has 0 aliphatic heterocycles. The zero-order valence-electron chi connectivity index (χ0n) is 7.91. The Labute approximate surface area is 69.2 Å². The van der Waals surface area contributed by atoms with E-state index < -0.39 is 0 Å². The molecule has 11 heavy (non-hydrogen) atoms. The lowest BCUT2D eigenvalue weighted by molar-refractivity contribution is 0.0552. The first-order chi connectivity index (χ1) is 4.95. The van der Waals surface area contributed by atoms with Crippen LogP contribution in [0.25, 0.3) is 0 Å². The van der Waals surface area contributed by atoms with E-state index in [1.54, 1.807) is 13.8 Å². The summed E-state index contributed by atoms with van der Waals surface area (Å²) in [5, 5.41) is 18.4. The maximum absolute atomic E-state index is 9.32. The van der Waals surface area contributed by atoms with Gasteiger partial charge in [-0.25, -0.2) is 0 Å². The molecule has 68 valence electrons. The molecule has 0 saturated heterocycles. The van der Waals surface area contributed by atoms with Gasteiger partial charge in [-0.05, 0) is 32.1 Å². The molecule has 0 heterocycles. The molecule has 2 heteroatoms. The minimum Gasteiger partial charge on any atom is -0.393 e. The maximum Gasteiger partial charge on any atom is 0.0543 e. The van der Waals surface area contributed by atoms with Gasteiger partial charge in [-0.15, -0.1) is 0 Å². The van der Waals surface area contributed by atoms with Crippen molar-refractivity contribution in [2.24, 2.45) is 11.8 Å². The van der Waals surface area contributed by atoms with E-state index in [0.717, 1.165) is 0 Å². The van der Waals surface area contributed by atoms with Gasteiger partial charge in [0.05, 0.1) is 12.2 Å². The van der Waals surface area contributed by atoms with E-state index in [1.165, 1.54) is 0 Å². The summed E-state index contributed by atoms with van der Waals surface area (Å²) >= 11 is 0. The van der Waals surface area contributed by atoms with E-state index in [9.17, 15) is 5.11 Å². The number of aliphatic hydroxyl groups is 2. The molecule has 0 bridgehead atoms. The Morgan fingerprint density at radius 1 is 1.00 bits per heavy atom. The van der Waals surface area contributed by atoms with Crippen LogP contribution < -0.4 is 0 Å². The zero-order chi connectivity index (χ0) is 9.02. The first-order valence-corrected chi connectivity index (χ1v) is 4.31. The highest BCUT2D eigenvalue weighted by atomic mass is 16.3. The van der Waals surface area contributed by atoms with E-state index in [1.807, 2.05) is 0 Å². The molecule has 0 amide bonds. The molecule has 0 aromatic carbocycles. The fourth-order valence-electron chi connectivity index (χ4n) is 1.42. The van der Waals surface area contributed by atoms with Crippen LogP contribution in [0, 0.1) is 11.8 Å². The van der Waals surface area contributed by atoms with Crippen LogP contribution in [0.1, 0.15) is 34.1 Å². The largest absolute Gasteiger partial charge is 0.393 e. The maximum atomic E-state index is 9.32. The molecule has 2 nitrogen and oxygen atoms in total. The highest BCUT2D eigenvalue weighted by Gasteiger charge is 2.20. The Morgan fingerprint density at radius 2 is 1.45 bits per heavy atom. The third-order valence-electron chi connectivity index (χ3n) is 2.09.